The number of sulfonamides is 1. The molecule has 2 rings (SSSR count). The Labute approximate surface area is 119 Å². The van der Waals surface area contributed by atoms with Crippen molar-refractivity contribution >= 4 is 10.0 Å². The second-order valence-electron chi connectivity index (χ2n) is 5.17. The van der Waals surface area contributed by atoms with Crippen LogP contribution in [0, 0.1) is 5.82 Å². The summed E-state index contributed by atoms with van der Waals surface area (Å²) in [5.41, 5.74) is 0.921. The van der Waals surface area contributed by atoms with Gasteiger partial charge in [0.2, 0.25) is 10.0 Å². The normalized spacial score (nSPS) is 15.4. The van der Waals surface area contributed by atoms with E-state index in [-0.39, 0.29) is 11.6 Å². The van der Waals surface area contributed by atoms with E-state index in [0.717, 1.165) is 12.1 Å². The molecular weight excluding hydrogens is 279 g/mol. The first-order valence-electron chi connectivity index (χ1n) is 7.00. The minimum atomic E-state index is -3.20. The van der Waals surface area contributed by atoms with Crippen molar-refractivity contribution in [3.8, 4) is 0 Å². The van der Waals surface area contributed by atoms with E-state index in [1.807, 2.05) is 0 Å². The Morgan fingerprint density at radius 2 is 1.85 bits per heavy atom. The minimum absolute atomic E-state index is 0.149. The molecule has 1 saturated carbocycles. The van der Waals surface area contributed by atoms with Crippen LogP contribution in [0.1, 0.15) is 24.8 Å². The van der Waals surface area contributed by atoms with Gasteiger partial charge in [-0.15, -0.1) is 0 Å². The SMILES string of the molecule is O=S(=O)(CCCNC1CC1)NCCc1ccc(F)cc1. The predicted octanol–water partition coefficient (Wildman–Crippen LogP) is 1.43. The van der Waals surface area contributed by atoms with Gasteiger partial charge in [-0.1, -0.05) is 12.1 Å². The first-order chi connectivity index (χ1) is 9.55. The third kappa shape index (κ3) is 5.98. The molecule has 0 amide bonds. The number of benzene rings is 1. The van der Waals surface area contributed by atoms with Gasteiger partial charge in [0.25, 0.3) is 0 Å². The Morgan fingerprint density at radius 1 is 1.15 bits per heavy atom. The highest BCUT2D eigenvalue weighted by Crippen LogP contribution is 2.18. The van der Waals surface area contributed by atoms with E-state index in [1.54, 1.807) is 12.1 Å². The number of hydrogen-bond acceptors (Lipinski definition) is 3. The maximum atomic E-state index is 12.7. The van der Waals surface area contributed by atoms with Crippen LogP contribution >= 0.6 is 0 Å². The zero-order chi connectivity index (χ0) is 14.4. The highest BCUT2D eigenvalue weighted by Gasteiger charge is 2.20. The lowest BCUT2D eigenvalue weighted by Crippen LogP contribution is -2.30. The summed E-state index contributed by atoms with van der Waals surface area (Å²) >= 11 is 0. The van der Waals surface area contributed by atoms with Gasteiger partial charge in [0.1, 0.15) is 5.82 Å². The second-order valence-corrected chi connectivity index (χ2v) is 7.10. The largest absolute Gasteiger partial charge is 0.314 e. The monoisotopic (exact) mass is 300 g/mol. The van der Waals surface area contributed by atoms with Crippen LogP contribution in [-0.2, 0) is 16.4 Å². The molecule has 0 heterocycles. The van der Waals surface area contributed by atoms with E-state index in [4.69, 9.17) is 0 Å². The summed E-state index contributed by atoms with van der Waals surface area (Å²) in [5, 5.41) is 3.29. The molecule has 2 N–H and O–H groups in total. The van der Waals surface area contributed by atoms with Crippen LogP contribution in [-0.4, -0.2) is 33.3 Å². The summed E-state index contributed by atoms with van der Waals surface area (Å²) in [5.74, 6) is -0.131. The molecule has 0 bridgehead atoms. The number of hydrogen-bond donors (Lipinski definition) is 2. The molecule has 0 saturated heterocycles. The minimum Gasteiger partial charge on any atom is -0.314 e. The van der Waals surface area contributed by atoms with Gasteiger partial charge >= 0.3 is 0 Å². The van der Waals surface area contributed by atoms with Gasteiger partial charge < -0.3 is 5.32 Å². The van der Waals surface area contributed by atoms with Crippen LogP contribution in [0.2, 0.25) is 0 Å². The van der Waals surface area contributed by atoms with E-state index in [2.05, 4.69) is 10.0 Å². The Balaban J connectivity index is 1.62. The number of rotatable bonds is 9. The average Bonchev–Trinajstić information content (AvgIpc) is 3.21. The summed E-state index contributed by atoms with van der Waals surface area (Å²) < 4.78 is 38.8. The highest BCUT2D eigenvalue weighted by atomic mass is 32.2. The summed E-state index contributed by atoms with van der Waals surface area (Å²) in [7, 11) is -3.20. The molecule has 1 aliphatic rings. The number of halogens is 1. The van der Waals surface area contributed by atoms with Crippen LogP contribution in [0.25, 0.3) is 0 Å². The molecule has 0 aromatic heterocycles. The van der Waals surface area contributed by atoms with Crippen LogP contribution in [0.3, 0.4) is 0 Å². The predicted molar refractivity (Wildman–Crippen MR) is 77.5 cm³/mol. The molecule has 0 unspecified atom stereocenters. The first-order valence-corrected chi connectivity index (χ1v) is 8.65. The van der Waals surface area contributed by atoms with E-state index in [0.29, 0.717) is 25.4 Å². The maximum Gasteiger partial charge on any atom is 0.211 e. The van der Waals surface area contributed by atoms with Crippen LogP contribution in [0.15, 0.2) is 24.3 Å². The van der Waals surface area contributed by atoms with Gasteiger partial charge in [-0.3, -0.25) is 0 Å². The molecule has 1 aromatic rings. The molecule has 6 heteroatoms. The molecule has 1 fully saturated rings. The van der Waals surface area contributed by atoms with Gasteiger partial charge in [-0.05, 0) is 49.9 Å². The Morgan fingerprint density at radius 3 is 2.50 bits per heavy atom. The standard InChI is InChI=1S/C14H21FN2O2S/c15-13-4-2-12(3-5-13)8-10-17-20(18,19)11-1-9-16-14-6-7-14/h2-5,14,16-17H,1,6-11H2. The third-order valence-corrected chi connectivity index (χ3v) is 4.72. The lowest BCUT2D eigenvalue weighted by Gasteiger charge is -2.07. The van der Waals surface area contributed by atoms with E-state index in [9.17, 15) is 12.8 Å². The Hall–Kier alpha value is -0.980. The summed E-state index contributed by atoms with van der Waals surface area (Å²) in [6.45, 7) is 1.10. The third-order valence-electron chi connectivity index (χ3n) is 3.25. The quantitative estimate of drug-likeness (QED) is 0.678. The zero-order valence-electron chi connectivity index (χ0n) is 11.4. The van der Waals surface area contributed by atoms with Crippen molar-refractivity contribution in [3.05, 3.63) is 35.6 Å². The van der Waals surface area contributed by atoms with Crippen molar-refractivity contribution < 1.29 is 12.8 Å². The molecule has 0 aliphatic heterocycles. The number of nitrogens with one attached hydrogen (secondary N) is 2. The molecule has 112 valence electrons. The van der Waals surface area contributed by atoms with Crippen LogP contribution in [0.5, 0.6) is 0 Å². The van der Waals surface area contributed by atoms with Crippen molar-refractivity contribution in [1.82, 2.24) is 10.0 Å². The topological polar surface area (TPSA) is 58.2 Å². The summed E-state index contributed by atoms with van der Waals surface area (Å²) in [6, 6.07) is 6.72. The van der Waals surface area contributed by atoms with Crippen molar-refractivity contribution in [2.45, 2.75) is 31.7 Å². The van der Waals surface area contributed by atoms with Crippen LogP contribution < -0.4 is 10.0 Å². The van der Waals surface area contributed by atoms with Crippen molar-refractivity contribution in [2.24, 2.45) is 0 Å². The fourth-order valence-corrected chi connectivity index (χ4v) is 3.01. The van der Waals surface area contributed by atoms with Crippen molar-refractivity contribution in [3.63, 3.8) is 0 Å². The average molecular weight is 300 g/mol. The van der Waals surface area contributed by atoms with Gasteiger partial charge in [0.15, 0.2) is 0 Å². The molecule has 0 radical (unpaired) electrons. The fourth-order valence-electron chi connectivity index (χ4n) is 1.93. The van der Waals surface area contributed by atoms with Gasteiger partial charge in [0, 0.05) is 12.6 Å². The zero-order valence-corrected chi connectivity index (χ0v) is 12.3. The van der Waals surface area contributed by atoms with Crippen molar-refractivity contribution in [2.75, 3.05) is 18.8 Å². The second kappa shape index (κ2) is 7.15. The molecule has 0 atom stereocenters. The van der Waals surface area contributed by atoms with Gasteiger partial charge in [0.05, 0.1) is 5.75 Å². The van der Waals surface area contributed by atoms with E-state index >= 15 is 0 Å². The molecule has 1 aromatic carbocycles. The maximum absolute atomic E-state index is 12.7. The van der Waals surface area contributed by atoms with E-state index in [1.165, 1.54) is 25.0 Å². The molecule has 0 spiro atoms. The molecular formula is C14H21FN2O2S. The fraction of sp³-hybridized carbons (Fsp3) is 0.571. The van der Waals surface area contributed by atoms with Gasteiger partial charge in [-0.2, -0.15) is 0 Å². The summed E-state index contributed by atoms with van der Waals surface area (Å²) in [6.07, 6.45) is 3.62. The lowest BCUT2D eigenvalue weighted by atomic mass is 10.1. The molecule has 20 heavy (non-hydrogen) atoms. The molecule has 4 nitrogen and oxygen atoms in total. The van der Waals surface area contributed by atoms with Gasteiger partial charge in [-0.25, -0.2) is 17.5 Å². The first kappa shape index (κ1) is 15.4. The van der Waals surface area contributed by atoms with Crippen molar-refractivity contribution in [1.29, 1.82) is 0 Å². The smallest absolute Gasteiger partial charge is 0.211 e. The van der Waals surface area contributed by atoms with E-state index < -0.39 is 10.0 Å². The van der Waals surface area contributed by atoms with Crippen LogP contribution in [0.4, 0.5) is 4.39 Å². The molecule has 1 aliphatic carbocycles. The lowest BCUT2D eigenvalue weighted by molar-refractivity contribution is 0.574. The Kier molecular flexibility index (Phi) is 5.51. The summed E-state index contributed by atoms with van der Waals surface area (Å²) in [4.78, 5) is 0. The highest BCUT2D eigenvalue weighted by molar-refractivity contribution is 7.89. The Bertz CT molecular complexity index is 512.